The maximum atomic E-state index is 10.5. The lowest BCUT2D eigenvalue weighted by atomic mass is 10.1. The van der Waals surface area contributed by atoms with Crippen LogP contribution in [0, 0.1) is 6.92 Å². The highest BCUT2D eigenvalue weighted by Crippen LogP contribution is 2.16. The van der Waals surface area contributed by atoms with Gasteiger partial charge in [0.15, 0.2) is 0 Å². The van der Waals surface area contributed by atoms with E-state index in [-0.39, 0.29) is 0 Å². The number of aldehydes is 1. The highest BCUT2D eigenvalue weighted by atomic mass is 16.1. The highest BCUT2D eigenvalue weighted by Gasteiger charge is 1.97. The SMILES string of the molecule is Cc1nccc2cc(C=O)ccc12. The standard InChI is InChI=1S/C11H9NO/c1-8-11-3-2-9(7-13)6-10(11)4-5-12-8/h2-7H,1H3. The van der Waals surface area contributed by atoms with E-state index >= 15 is 0 Å². The molecule has 1 aromatic heterocycles. The average Bonchev–Trinajstić information content (AvgIpc) is 2.18. The smallest absolute Gasteiger partial charge is 0.150 e. The number of carbonyl (C=O) groups excluding carboxylic acids is 1. The van der Waals surface area contributed by atoms with Gasteiger partial charge in [0.2, 0.25) is 0 Å². The summed E-state index contributed by atoms with van der Waals surface area (Å²) in [5.41, 5.74) is 1.70. The molecule has 0 bridgehead atoms. The molecule has 0 N–H and O–H groups in total. The normalized spacial score (nSPS) is 10.2. The second-order valence-corrected chi connectivity index (χ2v) is 2.99. The third kappa shape index (κ3) is 1.31. The van der Waals surface area contributed by atoms with Crippen LogP contribution in [0.1, 0.15) is 16.1 Å². The number of pyridine rings is 1. The molecule has 64 valence electrons. The second-order valence-electron chi connectivity index (χ2n) is 2.99. The van der Waals surface area contributed by atoms with Crippen LogP contribution in [0.2, 0.25) is 0 Å². The van der Waals surface area contributed by atoms with Gasteiger partial charge in [0.25, 0.3) is 0 Å². The molecule has 2 aromatic rings. The van der Waals surface area contributed by atoms with Gasteiger partial charge in [-0.1, -0.05) is 12.1 Å². The van der Waals surface area contributed by atoms with Gasteiger partial charge in [-0.2, -0.15) is 0 Å². The Kier molecular flexibility index (Phi) is 1.81. The van der Waals surface area contributed by atoms with Crippen LogP contribution in [0.5, 0.6) is 0 Å². The summed E-state index contributed by atoms with van der Waals surface area (Å²) >= 11 is 0. The van der Waals surface area contributed by atoms with Crippen LogP contribution in [0.4, 0.5) is 0 Å². The lowest BCUT2D eigenvalue weighted by Crippen LogP contribution is -1.85. The lowest BCUT2D eigenvalue weighted by Gasteiger charge is -2.00. The molecular formula is C11H9NO. The number of aromatic nitrogens is 1. The Labute approximate surface area is 76.2 Å². The monoisotopic (exact) mass is 171 g/mol. The molecule has 13 heavy (non-hydrogen) atoms. The first-order valence-electron chi connectivity index (χ1n) is 4.12. The molecule has 1 aromatic carbocycles. The molecule has 0 saturated carbocycles. The summed E-state index contributed by atoms with van der Waals surface area (Å²) in [5, 5.41) is 2.17. The molecule has 2 heteroatoms. The zero-order valence-corrected chi connectivity index (χ0v) is 7.32. The number of aryl methyl sites for hydroxylation is 1. The quantitative estimate of drug-likeness (QED) is 0.616. The van der Waals surface area contributed by atoms with Crippen molar-refractivity contribution in [1.29, 1.82) is 0 Å². The molecule has 0 aliphatic heterocycles. The van der Waals surface area contributed by atoms with Crippen LogP contribution in [0.15, 0.2) is 30.5 Å². The van der Waals surface area contributed by atoms with Crippen molar-refractivity contribution in [2.45, 2.75) is 6.92 Å². The van der Waals surface area contributed by atoms with Crippen LogP contribution in [0.3, 0.4) is 0 Å². The molecular weight excluding hydrogens is 162 g/mol. The Morgan fingerprint density at radius 2 is 2.15 bits per heavy atom. The van der Waals surface area contributed by atoms with Gasteiger partial charge in [0.1, 0.15) is 6.29 Å². The molecule has 0 radical (unpaired) electrons. The topological polar surface area (TPSA) is 30.0 Å². The van der Waals surface area contributed by atoms with E-state index in [9.17, 15) is 4.79 Å². The molecule has 2 nitrogen and oxygen atoms in total. The third-order valence-corrected chi connectivity index (χ3v) is 2.12. The summed E-state index contributed by atoms with van der Waals surface area (Å²) < 4.78 is 0. The van der Waals surface area contributed by atoms with Crippen molar-refractivity contribution < 1.29 is 4.79 Å². The molecule has 0 spiro atoms. The van der Waals surface area contributed by atoms with Gasteiger partial charge in [-0.05, 0) is 24.4 Å². The van der Waals surface area contributed by atoms with E-state index in [1.54, 1.807) is 6.20 Å². The maximum Gasteiger partial charge on any atom is 0.150 e. The number of nitrogens with zero attached hydrogens (tertiary/aromatic N) is 1. The van der Waals surface area contributed by atoms with Crippen molar-refractivity contribution in [1.82, 2.24) is 4.98 Å². The van der Waals surface area contributed by atoms with Gasteiger partial charge in [0, 0.05) is 22.8 Å². The Bertz CT molecular complexity index is 463. The first-order valence-corrected chi connectivity index (χ1v) is 4.12. The summed E-state index contributed by atoms with van der Waals surface area (Å²) in [6.07, 6.45) is 2.61. The molecule has 0 fully saturated rings. The molecule has 0 aliphatic carbocycles. The van der Waals surface area contributed by atoms with E-state index in [1.165, 1.54) is 0 Å². The fraction of sp³-hybridized carbons (Fsp3) is 0.0909. The van der Waals surface area contributed by atoms with Crippen LogP contribution in [-0.4, -0.2) is 11.3 Å². The van der Waals surface area contributed by atoms with E-state index in [4.69, 9.17) is 0 Å². The number of fused-ring (bicyclic) bond motifs is 1. The minimum absolute atomic E-state index is 0.707. The Balaban J connectivity index is 2.79. The number of rotatable bonds is 1. The van der Waals surface area contributed by atoms with Crippen molar-refractivity contribution in [2.75, 3.05) is 0 Å². The largest absolute Gasteiger partial charge is 0.298 e. The molecule has 0 amide bonds. The number of hydrogen-bond acceptors (Lipinski definition) is 2. The Morgan fingerprint density at radius 3 is 2.92 bits per heavy atom. The molecule has 0 aliphatic rings. The minimum Gasteiger partial charge on any atom is -0.298 e. The summed E-state index contributed by atoms with van der Waals surface area (Å²) in [4.78, 5) is 14.7. The van der Waals surface area contributed by atoms with Gasteiger partial charge in [-0.25, -0.2) is 0 Å². The van der Waals surface area contributed by atoms with E-state index in [0.29, 0.717) is 5.56 Å². The Hall–Kier alpha value is -1.70. The fourth-order valence-corrected chi connectivity index (χ4v) is 1.42. The van der Waals surface area contributed by atoms with Gasteiger partial charge >= 0.3 is 0 Å². The average molecular weight is 171 g/mol. The lowest BCUT2D eigenvalue weighted by molar-refractivity contribution is 0.112. The second kappa shape index (κ2) is 2.98. The zero-order valence-electron chi connectivity index (χ0n) is 7.32. The predicted octanol–water partition coefficient (Wildman–Crippen LogP) is 2.36. The van der Waals surface area contributed by atoms with Crippen molar-refractivity contribution in [3.63, 3.8) is 0 Å². The van der Waals surface area contributed by atoms with Crippen molar-refractivity contribution in [3.05, 3.63) is 41.7 Å². The number of benzene rings is 1. The fourth-order valence-electron chi connectivity index (χ4n) is 1.42. The first kappa shape index (κ1) is 7.92. The summed E-state index contributed by atoms with van der Waals surface area (Å²) in [5.74, 6) is 0. The molecule has 1 heterocycles. The predicted molar refractivity (Wildman–Crippen MR) is 51.9 cm³/mol. The van der Waals surface area contributed by atoms with Gasteiger partial charge in [-0.3, -0.25) is 9.78 Å². The Morgan fingerprint density at radius 1 is 1.31 bits per heavy atom. The van der Waals surface area contributed by atoms with Crippen molar-refractivity contribution >= 4 is 17.1 Å². The van der Waals surface area contributed by atoms with E-state index in [0.717, 1.165) is 22.8 Å². The summed E-state index contributed by atoms with van der Waals surface area (Å²) in [6, 6.07) is 7.53. The van der Waals surface area contributed by atoms with Crippen molar-refractivity contribution in [3.8, 4) is 0 Å². The van der Waals surface area contributed by atoms with Crippen molar-refractivity contribution in [2.24, 2.45) is 0 Å². The highest BCUT2D eigenvalue weighted by molar-refractivity contribution is 5.89. The zero-order chi connectivity index (χ0) is 9.26. The van der Waals surface area contributed by atoms with Gasteiger partial charge < -0.3 is 0 Å². The van der Waals surface area contributed by atoms with Gasteiger partial charge in [0.05, 0.1) is 0 Å². The van der Waals surface area contributed by atoms with E-state index in [1.807, 2.05) is 31.2 Å². The maximum absolute atomic E-state index is 10.5. The number of hydrogen-bond donors (Lipinski definition) is 0. The third-order valence-electron chi connectivity index (χ3n) is 2.12. The molecule has 0 saturated heterocycles. The van der Waals surface area contributed by atoms with Crippen LogP contribution >= 0.6 is 0 Å². The van der Waals surface area contributed by atoms with E-state index in [2.05, 4.69) is 4.98 Å². The molecule has 0 atom stereocenters. The van der Waals surface area contributed by atoms with Gasteiger partial charge in [-0.15, -0.1) is 0 Å². The van der Waals surface area contributed by atoms with Crippen LogP contribution in [-0.2, 0) is 0 Å². The first-order chi connectivity index (χ1) is 6.31. The summed E-state index contributed by atoms with van der Waals surface area (Å²) in [6.45, 7) is 1.96. The number of carbonyl (C=O) groups is 1. The minimum atomic E-state index is 0.707. The van der Waals surface area contributed by atoms with Crippen LogP contribution < -0.4 is 0 Å². The molecule has 2 rings (SSSR count). The van der Waals surface area contributed by atoms with E-state index < -0.39 is 0 Å². The van der Waals surface area contributed by atoms with Crippen LogP contribution in [0.25, 0.3) is 10.8 Å². The summed E-state index contributed by atoms with van der Waals surface area (Å²) in [7, 11) is 0. The molecule has 0 unspecified atom stereocenters.